The maximum atomic E-state index is 12.3. The number of nitriles is 1. The number of hydrogen-bond donors (Lipinski definition) is 2. The average Bonchev–Trinajstić information content (AvgIpc) is 3.18. The number of allylic oxidation sites excluding steroid dienone is 1. The number of rotatable bonds is 6. The van der Waals surface area contributed by atoms with Crippen molar-refractivity contribution in [3.05, 3.63) is 38.3 Å². The zero-order chi connectivity index (χ0) is 19.3. The van der Waals surface area contributed by atoms with E-state index < -0.39 is 5.97 Å². The number of carbonyl (C=O) groups excluding carboxylic acids is 2. The van der Waals surface area contributed by atoms with E-state index in [9.17, 15) is 14.9 Å². The Labute approximate surface area is 159 Å². The number of nitrogens with one attached hydrogen (secondary N) is 2. The van der Waals surface area contributed by atoms with Gasteiger partial charge < -0.3 is 15.4 Å². The summed E-state index contributed by atoms with van der Waals surface area (Å²) in [6.45, 7) is 5.47. The van der Waals surface area contributed by atoms with Gasteiger partial charge in [-0.3, -0.25) is 4.79 Å². The number of ether oxygens (including phenoxy) is 1. The molecule has 2 rings (SSSR count). The van der Waals surface area contributed by atoms with Crippen LogP contribution in [-0.4, -0.2) is 30.5 Å². The Morgan fingerprint density at radius 2 is 2.15 bits per heavy atom. The lowest BCUT2D eigenvalue weighted by molar-refractivity contribution is 0.0527. The van der Waals surface area contributed by atoms with E-state index >= 15 is 0 Å². The molecule has 0 saturated heterocycles. The molecule has 0 bridgehead atoms. The summed E-state index contributed by atoms with van der Waals surface area (Å²) in [5.74, 6) is -0.804. The van der Waals surface area contributed by atoms with Gasteiger partial charge in [-0.05, 0) is 26.3 Å². The van der Waals surface area contributed by atoms with Gasteiger partial charge in [0.15, 0.2) is 0 Å². The van der Waals surface area contributed by atoms with Crippen molar-refractivity contribution >= 4 is 45.1 Å². The second kappa shape index (κ2) is 8.60. The van der Waals surface area contributed by atoms with Crippen LogP contribution in [-0.2, 0) is 4.74 Å². The van der Waals surface area contributed by atoms with Crippen LogP contribution in [0.3, 0.4) is 0 Å². The van der Waals surface area contributed by atoms with E-state index in [-0.39, 0.29) is 12.5 Å². The van der Waals surface area contributed by atoms with Crippen molar-refractivity contribution < 1.29 is 14.3 Å². The van der Waals surface area contributed by atoms with Crippen molar-refractivity contribution in [2.24, 2.45) is 0 Å². The number of aryl methyl sites for hydroxylation is 1. The van der Waals surface area contributed by atoms with Gasteiger partial charge in [-0.1, -0.05) is 0 Å². The molecule has 9 heteroatoms. The highest BCUT2D eigenvalue weighted by molar-refractivity contribution is 7.18. The normalized spacial score (nSPS) is 11.0. The van der Waals surface area contributed by atoms with Crippen LogP contribution in [0.25, 0.3) is 5.57 Å². The Balaban J connectivity index is 2.44. The van der Waals surface area contributed by atoms with Gasteiger partial charge in [-0.25, -0.2) is 9.78 Å². The van der Waals surface area contributed by atoms with Gasteiger partial charge in [-0.15, -0.1) is 22.7 Å². The van der Waals surface area contributed by atoms with Crippen LogP contribution in [0.4, 0.5) is 5.00 Å². The van der Waals surface area contributed by atoms with Crippen LogP contribution in [0.15, 0.2) is 11.6 Å². The molecule has 136 valence electrons. The molecule has 0 fully saturated rings. The highest BCUT2D eigenvalue weighted by Gasteiger charge is 2.25. The summed E-state index contributed by atoms with van der Waals surface area (Å²) in [6, 6.07) is 2.09. The number of thiazole rings is 1. The maximum absolute atomic E-state index is 12.3. The topological polar surface area (TPSA) is 104 Å². The summed E-state index contributed by atoms with van der Waals surface area (Å²) in [6.07, 6.45) is 1.49. The number of esters is 1. The zero-order valence-corrected chi connectivity index (χ0v) is 16.4. The minimum atomic E-state index is -0.518. The number of thiophene rings is 1. The van der Waals surface area contributed by atoms with E-state index in [0.717, 1.165) is 17.0 Å². The van der Waals surface area contributed by atoms with Crippen molar-refractivity contribution in [2.75, 3.05) is 19.0 Å². The van der Waals surface area contributed by atoms with Crippen molar-refractivity contribution in [3.8, 4) is 6.07 Å². The maximum Gasteiger partial charge on any atom is 0.341 e. The van der Waals surface area contributed by atoms with Crippen LogP contribution >= 0.6 is 22.7 Å². The fourth-order valence-corrected chi connectivity index (χ4v) is 4.03. The van der Waals surface area contributed by atoms with Gasteiger partial charge in [-0.2, -0.15) is 5.26 Å². The van der Waals surface area contributed by atoms with Gasteiger partial charge in [0.1, 0.15) is 21.7 Å². The number of hydrogen-bond acceptors (Lipinski definition) is 8. The summed E-state index contributed by atoms with van der Waals surface area (Å²) < 4.78 is 5.10. The minimum Gasteiger partial charge on any atom is -0.462 e. The molecule has 1 amide bonds. The van der Waals surface area contributed by atoms with E-state index in [0.29, 0.717) is 31.6 Å². The Kier molecular flexibility index (Phi) is 6.49. The number of carbonyl (C=O) groups is 2. The Morgan fingerprint density at radius 1 is 1.42 bits per heavy atom. The summed E-state index contributed by atoms with van der Waals surface area (Å²) in [7, 11) is 1.52. The lowest BCUT2D eigenvalue weighted by Gasteiger charge is -2.05. The highest BCUT2D eigenvalue weighted by Crippen LogP contribution is 2.34. The molecule has 0 aliphatic heterocycles. The number of aromatic nitrogens is 1. The lowest BCUT2D eigenvalue weighted by atomic mass is 10.1. The molecule has 0 aromatic carbocycles. The molecular formula is C17H18N4O3S2. The number of nitrogens with zero attached hydrogens (tertiary/aromatic N) is 2. The molecular weight excluding hydrogens is 372 g/mol. The summed E-state index contributed by atoms with van der Waals surface area (Å²) in [5.41, 5.74) is 1.99. The van der Waals surface area contributed by atoms with E-state index in [2.05, 4.69) is 21.7 Å². The Bertz CT molecular complexity index is 906. The molecule has 2 aromatic heterocycles. The van der Waals surface area contributed by atoms with Crippen molar-refractivity contribution in [1.82, 2.24) is 10.3 Å². The Hall–Kier alpha value is -2.70. The molecule has 0 saturated carbocycles. The third-order valence-corrected chi connectivity index (χ3v) is 5.59. The quantitative estimate of drug-likeness (QED) is 0.579. The van der Waals surface area contributed by atoms with Gasteiger partial charge in [0.25, 0.3) is 5.91 Å². The van der Waals surface area contributed by atoms with Gasteiger partial charge in [0.2, 0.25) is 0 Å². The summed E-state index contributed by atoms with van der Waals surface area (Å²) >= 11 is 2.49. The van der Waals surface area contributed by atoms with E-state index in [4.69, 9.17) is 4.74 Å². The first-order chi connectivity index (χ1) is 12.4. The second-order valence-corrected chi connectivity index (χ2v) is 7.05. The molecule has 0 unspecified atom stereocenters. The second-order valence-electron chi connectivity index (χ2n) is 5.17. The number of amides is 1. The first kappa shape index (κ1) is 19.6. The zero-order valence-electron chi connectivity index (χ0n) is 14.8. The van der Waals surface area contributed by atoms with Crippen LogP contribution < -0.4 is 10.6 Å². The van der Waals surface area contributed by atoms with Gasteiger partial charge >= 0.3 is 5.97 Å². The average molecular weight is 390 g/mol. The van der Waals surface area contributed by atoms with Crippen LogP contribution in [0.5, 0.6) is 0 Å². The summed E-state index contributed by atoms with van der Waals surface area (Å²) in [4.78, 5) is 29.0. The van der Waals surface area contributed by atoms with E-state index in [1.54, 1.807) is 13.8 Å². The van der Waals surface area contributed by atoms with Crippen LogP contribution in [0.1, 0.15) is 43.2 Å². The standard InChI is InChI=1S/C17H18N4O3S2/c1-5-24-17(23)12-10(3)13(14(22)19-4)26-16(12)20-7-11(6-18)15-21-9(2)8-25-15/h7-8,20H,5H2,1-4H3,(H,19,22)/b11-7+. The predicted molar refractivity (Wildman–Crippen MR) is 102 cm³/mol. The fraction of sp³-hybridized carbons (Fsp3) is 0.294. The van der Waals surface area contributed by atoms with E-state index in [1.807, 2.05) is 12.3 Å². The van der Waals surface area contributed by atoms with Crippen molar-refractivity contribution in [1.29, 1.82) is 5.26 Å². The number of anilines is 1. The highest BCUT2D eigenvalue weighted by atomic mass is 32.1. The minimum absolute atomic E-state index is 0.223. The third-order valence-electron chi connectivity index (χ3n) is 3.38. The van der Waals surface area contributed by atoms with Crippen LogP contribution in [0.2, 0.25) is 0 Å². The van der Waals surface area contributed by atoms with Crippen molar-refractivity contribution in [2.45, 2.75) is 20.8 Å². The molecule has 0 radical (unpaired) electrons. The first-order valence-corrected chi connectivity index (χ1v) is 9.44. The first-order valence-electron chi connectivity index (χ1n) is 7.74. The molecule has 2 aromatic rings. The van der Waals surface area contributed by atoms with Gasteiger partial charge in [0.05, 0.1) is 17.0 Å². The van der Waals surface area contributed by atoms with E-state index in [1.165, 1.54) is 24.6 Å². The van der Waals surface area contributed by atoms with Crippen LogP contribution in [0, 0.1) is 25.2 Å². The molecule has 0 aliphatic rings. The molecule has 26 heavy (non-hydrogen) atoms. The smallest absolute Gasteiger partial charge is 0.341 e. The SMILES string of the molecule is CCOC(=O)c1c(N/C=C(\C#N)c2nc(C)cs2)sc(C(=O)NC)c1C. The molecule has 0 spiro atoms. The lowest BCUT2D eigenvalue weighted by Crippen LogP contribution is -2.17. The van der Waals surface area contributed by atoms with Crippen molar-refractivity contribution in [3.63, 3.8) is 0 Å². The fourth-order valence-electron chi connectivity index (χ4n) is 2.15. The molecule has 7 nitrogen and oxygen atoms in total. The molecule has 2 heterocycles. The van der Waals surface area contributed by atoms with Gasteiger partial charge in [0, 0.05) is 24.3 Å². The largest absolute Gasteiger partial charge is 0.462 e. The summed E-state index contributed by atoms with van der Waals surface area (Å²) in [5, 5.41) is 17.8. The monoisotopic (exact) mass is 390 g/mol. The Morgan fingerprint density at radius 3 is 2.69 bits per heavy atom. The third kappa shape index (κ3) is 4.09. The molecule has 0 aliphatic carbocycles. The molecule has 2 N–H and O–H groups in total. The predicted octanol–water partition coefficient (Wildman–Crippen LogP) is 3.33. The molecule has 0 atom stereocenters.